The highest BCUT2D eigenvalue weighted by molar-refractivity contribution is 7.15. The second kappa shape index (κ2) is 9.39. The van der Waals surface area contributed by atoms with Gasteiger partial charge in [0.25, 0.3) is 0 Å². The summed E-state index contributed by atoms with van der Waals surface area (Å²) in [4.78, 5) is 26.7. The molecule has 0 spiro atoms. The van der Waals surface area contributed by atoms with Crippen LogP contribution in [0, 0.1) is 13.8 Å². The molecule has 6 nitrogen and oxygen atoms in total. The normalized spacial score (nSPS) is 16.0. The molecule has 0 radical (unpaired) electrons. The summed E-state index contributed by atoms with van der Waals surface area (Å²) in [6, 6.07) is 16.3. The molecule has 0 bridgehead atoms. The zero-order valence-electron chi connectivity index (χ0n) is 17.8. The van der Waals surface area contributed by atoms with Gasteiger partial charge in [-0.1, -0.05) is 47.7 Å². The quantitative estimate of drug-likeness (QED) is 0.588. The molecule has 1 N–H and O–H groups in total. The molecule has 0 unspecified atom stereocenters. The molecule has 3 aromatic rings. The van der Waals surface area contributed by atoms with Crippen LogP contribution in [0.4, 0.5) is 10.8 Å². The smallest absolute Gasteiger partial charge is 0.227 e. The lowest BCUT2D eigenvalue weighted by molar-refractivity contribution is -0.117. The van der Waals surface area contributed by atoms with Gasteiger partial charge in [0.15, 0.2) is 0 Å². The van der Waals surface area contributed by atoms with Crippen molar-refractivity contribution in [1.29, 1.82) is 0 Å². The van der Waals surface area contributed by atoms with E-state index in [0.29, 0.717) is 24.5 Å². The van der Waals surface area contributed by atoms with Gasteiger partial charge in [0.1, 0.15) is 5.01 Å². The fraction of sp³-hybridized carbons (Fsp3) is 0.333. The van der Waals surface area contributed by atoms with Gasteiger partial charge in [-0.05, 0) is 55.5 Å². The van der Waals surface area contributed by atoms with Crippen molar-refractivity contribution in [2.75, 3.05) is 16.8 Å². The lowest BCUT2D eigenvalue weighted by Gasteiger charge is -2.17. The molecule has 0 saturated carbocycles. The summed E-state index contributed by atoms with van der Waals surface area (Å²) in [5, 5.41) is 12.5. The number of nitrogens with one attached hydrogen (secondary N) is 1. The number of carbonyl (C=O) groups excluding carboxylic acids is 2. The Morgan fingerprint density at radius 2 is 1.87 bits per heavy atom. The van der Waals surface area contributed by atoms with Crippen molar-refractivity contribution >= 4 is 34.0 Å². The molecule has 1 fully saturated rings. The van der Waals surface area contributed by atoms with E-state index < -0.39 is 0 Å². The van der Waals surface area contributed by atoms with Gasteiger partial charge in [0.05, 0.1) is 0 Å². The minimum atomic E-state index is -0.0574. The number of nitrogens with zero attached hydrogens (tertiary/aromatic N) is 3. The maximum Gasteiger partial charge on any atom is 0.227 e. The Morgan fingerprint density at radius 3 is 2.61 bits per heavy atom. The highest BCUT2D eigenvalue weighted by Crippen LogP contribution is 2.34. The monoisotopic (exact) mass is 434 g/mol. The molecule has 31 heavy (non-hydrogen) atoms. The van der Waals surface area contributed by atoms with Crippen LogP contribution in [0.2, 0.25) is 0 Å². The van der Waals surface area contributed by atoms with Crippen LogP contribution in [0.1, 0.15) is 46.9 Å². The van der Waals surface area contributed by atoms with E-state index >= 15 is 0 Å². The van der Waals surface area contributed by atoms with Crippen molar-refractivity contribution in [3.8, 4) is 0 Å². The van der Waals surface area contributed by atoms with Gasteiger partial charge >= 0.3 is 0 Å². The summed E-state index contributed by atoms with van der Waals surface area (Å²) in [5.74, 6) is 0.0317. The van der Waals surface area contributed by atoms with Crippen molar-refractivity contribution in [3.05, 3.63) is 70.2 Å². The van der Waals surface area contributed by atoms with Gasteiger partial charge in [-0.25, -0.2) is 0 Å². The minimum Gasteiger partial charge on any atom is -0.312 e. The third kappa shape index (κ3) is 5.35. The molecular formula is C24H26N4O2S. The fourth-order valence-corrected chi connectivity index (χ4v) is 4.81. The Bertz CT molecular complexity index is 1060. The maximum absolute atomic E-state index is 12.6. The van der Waals surface area contributed by atoms with Crippen LogP contribution >= 0.6 is 11.3 Å². The highest BCUT2D eigenvalue weighted by Gasteiger charge is 2.34. The van der Waals surface area contributed by atoms with Gasteiger partial charge in [0, 0.05) is 31.0 Å². The Hall–Kier alpha value is -3.06. The number of aryl methyl sites for hydroxylation is 3. The maximum atomic E-state index is 12.6. The lowest BCUT2D eigenvalue weighted by Crippen LogP contribution is -2.24. The summed E-state index contributed by atoms with van der Waals surface area (Å²) in [7, 11) is 0. The second-order valence-corrected chi connectivity index (χ2v) is 9.09. The molecule has 7 heteroatoms. The minimum absolute atomic E-state index is 0.00505. The van der Waals surface area contributed by atoms with E-state index in [1.54, 1.807) is 0 Å². The standard InChI is InChI=1S/C24H26N4O2S/c1-16-11-17(2)13-20(12-16)28-15-19(14-22(28)30)23-26-27-24(31-23)25-21(29)10-6-9-18-7-4-3-5-8-18/h3-5,7-8,11-13,19H,6,9-10,14-15H2,1-2H3,(H,25,27,29)/t19-/m1/s1. The van der Waals surface area contributed by atoms with Crippen LogP contribution in [-0.2, 0) is 16.0 Å². The number of aromatic nitrogens is 2. The van der Waals surface area contributed by atoms with Crippen LogP contribution in [0.15, 0.2) is 48.5 Å². The fourth-order valence-electron chi connectivity index (χ4n) is 3.96. The molecule has 1 saturated heterocycles. The molecular weight excluding hydrogens is 408 g/mol. The molecule has 1 atom stereocenters. The summed E-state index contributed by atoms with van der Waals surface area (Å²) in [5.41, 5.74) is 4.44. The van der Waals surface area contributed by atoms with Gasteiger partial charge in [-0.2, -0.15) is 0 Å². The lowest BCUT2D eigenvalue weighted by atomic mass is 10.1. The first-order valence-electron chi connectivity index (χ1n) is 10.5. The van der Waals surface area contributed by atoms with E-state index in [9.17, 15) is 9.59 Å². The van der Waals surface area contributed by atoms with Crippen LogP contribution < -0.4 is 10.2 Å². The molecule has 1 aliphatic heterocycles. The molecule has 4 rings (SSSR count). The Morgan fingerprint density at radius 1 is 1.13 bits per heavy atom. The first-order valence-corrected chi connectivity index (χ1v) is 11.4. The Kier molecular flexibility index (Phi) is 6.42. The van der Waals surface area contributed by atoms with E-state index in [1.807, 2.05) is 49.1 Å². The predicted octanol–water partition coefficient (Wildman–Crippen LogP) is 4.64. The van der Waals surface area contributed by atoms with Crippen LogP contribution in [0.5, 0.6) is 0 Å². The number of amides is 2. The molecule has 1 aromatic heterocycles. The first kappa shape index (κ1) is 21.2. The largest absolute Gasteiger partial charge is 0.312 e. The van der Waals surface area contributed by atoms with Crippen molar-refractivity contribution < 1.29 is 9.59 Å². The summed E-state index contributed by atoms with van der Waals surface area (Å²) in [6.45, 7) is 4.66. The molecule has 2 amide bonds. The van der Waals surface area contributed by atoms with Crippen LogP contribution in [-0.4, -0.2) is 28.6 Å². The van der Waals surface area contributed by atoms with E-state index in [2.05, 4.69) is 33.7 Å². The van der Waals surface area contributed by atoms with Gasteiger partial charge in [-0.3, -0.25) is 9.59 Å². The number of rotatable bonds is 7. The SMILES string of the molecule is Cc1cc(C)cc(N2C[C@H](c3nnc(NC(=O)CCCc4ccccc4)s3)CC2=O)c1. The number of anilines is 2. The first-order chi connectivity index (χ1) is 15.0. The molecule has 1 aliphatic rings. The average Bonchev–Trinajstić information content (AvgIpc) is 3.34. The van der Waals surface area contributed by atoms with Crippen LogP contribution in [0.3, 0.4) is 0 Å². The average molecular weight is 435 g/mol. The number of benzene rings is 2. The molecule has 2 aromatic carbocycles. The predicted molar refractivity (Wildman–Crippen MR) is 124 cm³/mol. The van der Waals surface area contributed by atoms with Crippen molar-refractivity contribution in [1.82, 2.24) is 10.2 Å². The van der Waals surface area contributed by atoms with Gasteiger partial charge in [0.2, 0.25) is 16.9 Å². The summed E-state index contributed by atoms with van der Waals surface area (Å²) in [6.07, 6.45) is 2.50. The van der Waals surface area contributed by atoms with E-state index in [-0.39, 0.29) is 17.7 Å². The number of carbonyl (C=O) groups is 2. The molecule has 0 aliphatic carbocycles. The highest BCUT2D eigenvalue weighted by atomic mass is 32.1. The topological polar surface area (TPSA) is 75.2 Å². The van der Waals surface area contributed by atoms with Crippen molar-refractivity contribution in [3.63, 3.8) is 0 Å². The van der Waals surface area contributed by atoms with Crippen LogP contribution in [0.25, 0.3) is 0 Å². The number of hydrogen-bond donors (Lipinski definition) is 1. The zero-order chi connectivity index (χ0) is 21.8. The van der Waals surface area contributed by atoms with E-state index in [4.69, 9.17) is 0 Å². The zero-order valence-corrected chi connectivity index (χ0v) is 18.6. The second-order valence-electron chi connectivity index (χ2n) is 8.08. The summed E-state index contributed by atoms with van der Waals surface area (Å²) < 4.78 is 0. The third-order valence-electron chi connectivity index (χ3n) is 5.39. The van der Waals surface area contributed by atoms with Gasteiger partial charge < -0.3 is 10.2 Å². The van der Waals surface area contributed by atoms with E-state index in [0.717, 1.165) is 34.7 Å². The Balaban J connectivity index is 1.32. The van der Waals surface area contributed by atoms with Gasteiger partial charge in [-0.15, -0.1) is 10.2 Å². The summed E-state index contributed by atoms with van der Waals surface area (Å²) >= 11 is 1.36. The van der Waals surface area contributed by atoms with Crippen molar-refractivity contribution in [2.45, 2.75) is 45.4 Å². The Labute approximate surface area is 186 Å². The van der Waals surface area contributed by atoms with E-state index in [1.165, 1.54) is 16.9 Å². The molecule has 160 valence electrons. The third-order valence-corrected chi connectivity index (χ3v) is 6.39. The number of hydrogen-bond acceptors (Lipinski definition) is 5. The van der Waals surface area contributed by atoms with Crippen molar-refractivity contribution in [2.24, 2.45) is 0 Å². The molecule has 2 heterocycles.